The number of carbonyl (C=O) groups excluding carboxylic acids is 2. The van der Waals surface area contributed by atoms with Crippen LogP contribution >= 0.6 is 0 Å². The second kappa shape index (κ2) is 9.17. The molecule has 3 fully saturated rings. The molecule has 1 aromatic heterocycles. The Kier molecular flexibility index (Phi) is 6.40. The quantitative estimate of drug-likeness (QED) is 0.733. The Bertz CT molecular complexity index is 710. The monoisotopic (exact) mass is 401 g/mol. The number of nitrogens with one attached hydrogen (secondary N) is 2. The zero-order valence-electron chi connectivity index (χ0n) is 16.9. The summed E-state index contributed by atoms with van der Waals surface area (Å²) in [6.45, 7) is 3.10. The number of aryl methyl sites for hydroxylation is 1. The first-order chi connectivity index (χ1) is 14.2. The second-order valence-corrected chi connectivity index (χ2v) is 8.46. The van der Waals surface area contributed by atoms with E-state index in [1.165, 1.54) is 0 Å². The number of fused-ring (bicyclic) bond motifs is 1. The van der Waals surface area contributed by atoms with Gasteiger partial charge in [0.1, 0.15) is 5.54 Å². The molecule has 8 heteroatoms. The summed E-state index contributed by atoms with van der Waals surface area (Å²) in [7, 11) is 0. The highest BCUT2D eigenvalue weighted by atomic mass is 16.5. The minimum atomic E-state index is -0.473. The Morgan fingerprint density at radius 2 is 2.03 bits per heavy atom. The largest absolute Gasteiger partial charge is 0.381 e. The van der Waals surface area contributed by atoms with Crippen molar-refractivity contribution < 1.29 is 14.3 Å². The van der Waals surface area contributed by atoms with Gasteiger partial charge in [0.15, 0.2) is 0 Å². The van der Waals surface area contributed by atoms with Crippen LogP contribution in [-0.4, -0.2) is 70.6 Å². The molecular formula is C21H31N5O3. The van der Waals surface area contributed by atoms with E-state index in [1.54, 1.807) is 18.6 Å². The third kappa shape index (κ3) is 4.75. The zero-order valence-corrected chi connectivity index (χ0v) is 16.9. The number of carbonyl (C=O) groups is 2. The lowest BCUT2D eigenvalue weighted by Gasteiger charge is -2.41. The molecule has 0 aliphatic carbocycles. The van der Waals surface area contributed by atoms with Gasteiger partial charge in [0.2, 0.25) is 11.8 Å². The average molecular weight is 402 g/mol. The second-order valence-electron chi connectivity index (χ2n) is 8.46. The number of rotatable bonds is 6. The highest BCUT2D eigenvalue weighted by Crippen LogP contribution is 2.38. The van der Waals surface area contributed by atoms with Crippen LogP contribution in [0.4, 0.5) is 0 Å². The summed E-state index contributed by atoms with van der Waals surface area (Å²) in [5.41, 5.74) is 0.346. The van der Waals surface area contributed by atoms with Crippen molar-refractivity contribution in [2.45, 2.75) is 69.0 Å². The van der Waals surface area contributed by atoms with Crippen LogP contribution in [0.1, 0.15) is 50.6 Å². The average Bonchev–Trinajstić information content (AvgIpc) is 3.13. The van der Waals surface area contributed by atoms with Gasteiger partial charge in [0.25, 0.3) is 0 Å². The van der Waals surface area contributed by atoms with Gasteiger partial charge in [-0.15, -0.1) is 0 Å². The number of amides is 2. The highest BCUT2D eigenvalue weighted by Gasteiger charge is 2.52. The Morgan fingerprint density at radius 1 is 1.17 bits per heavy atom. The minimum Gasteiger partial charge on any atom is -0.381 e. The van der Waals surface area contributed by atoms with Crippen LogP contribution in [0.15, 0.2) is 18.6 Å². The third-order valence-electron chi connectivity index (χ3n) is 6.47. The molecule has 0 saturated carbocycles. The summed E-state index contributed by atoms with van der Waals surface area (Å²) in [6, 6.07) is 0.220. The number of ether oxygens (including phenoxy) is 1. The van der Waals surface area contributed by atoms with Gasteiger partial charge in [-0.3, -0.25) is 24.5 Å². The van der Waals surface area contributed by atoms with Gasteiger partial charge < -0.3 is 15.4 Å². The Hall–Kier alpha value is -2.06. The molecule has 4 heterocycles. The Labute approximate surface area is 171 Å². The highest BCUT2D eigenvalue weighted by molar-refractivity contribution is 5.87. The standard InChI is InChI=1S/C21H31N5O3/c27-19(4-3-17-14-22-8-9-23-17)24-18-13-21(7-1-2-10-26(21)15-18)20(28)25-16-5-11-29-12-6-16/h8-9,14,16,18H,1-7,10-13,15H2,(H,24,27)(H,25,28)/t18-,21-/m0/s1. The summed E-state index contributed by atoms with van der Waals surface area (Å²) in [6.07, 6.45) is 11.4. The number of aromatic nitrogens is 2. The van der Waals surface area contributed by atoms with E-state index in [4.69, 9.17) is 4.74 Å². The zero-order chi connectivity index (χ0) is 20.1. The van der Waals surface area contributed by atoms with Gasteiger partial charge in [-0.2, -0.15) is 0 Å². The van der Waals surface area contributed by atoms with Crippen molar-refractivity contribution in [3.63, 3.8) is 0 Å². The van der Waals surface area contributed by atoms with Crippen LogP contribution in [-0.2, 0) is 20.7 Å². The van der Waals surface area contributed by atoms with E-state index in [0.717, 1.165) is 50.9 Å². The van der Waals surface area contributed by atoms with E-state index >= 15 is 0 Å². The van der Waals surface area contributed by atoms with E-state index in [-0.39, 0.29) is 23.9 Å². The smallest absolute Gasteiger partial charge is 0.240 e. The third-order valence-corrected chi connectivity index (χ3v) is 6.47. The van der Waals surface area contributed by atoms with Gasteiger partial charge in [-0.05, 0) is 51.5 Å². The van der Waals surface area contributed by atoms with Crippen molar-refractivity contribution >= 4 is 11.8 Å². The lowest BCUT2D eigenvalue weighted by molar-refractivity contribution is -0.135. The molecule has 2 amide bonds. The molecule has 8 nitrogen and oxygen atoms in total. The Balaban J connectivity index is 1.34. The van der Waals surface area contributed by atoms with E-state index < -0.39 is 5.54 Å². The van der Waals surface area contributed by atoms with Crippen LogP contribution in [0.3, 0.4) is 0 Å². The van der Waals surface area contributed by atoms with E-state index in [1.807, 2.05) is 0 Å². The maximum atomic E-state index is 13.3. The molecule has 0 unspecified atom stereocenters. The van der Waals surface area contributed by atoms with Crippen molar-refractivity contribution in [1.82, 2.24) is 25.5 Å². The molecule has 3 aliphatic heterocycles. The van der Waals surface area contributed by atoms with Gasteiger partial charge in [-0.1, -0.05) is 0 Å². The fourth-order valence-corrected chi connectivity index (χ4v) is 4.94. The molecule has 3 aliphatic rings. The number of hydrogen-bond acceptors (Lipinski definition) is 6. The fourth-order valence-electron chi connectivity index (χ4n) is 4.94. The molecular weight excluding hydrogens is 370 g/mol. The molecule has 0 radical (unpaired) electrons. The normalized spacial score (nSPS) is 27.9. The van der Waals surface area contributed by atoms with Crippen LogP contribution in [0.2, 0.25) is 0 Å². The lowest BCUT2D eigenvalue weighted by Crippen LogP contribution is -2.59. The van der Waals surface area contributed by atoms with Crippen molar-refractivity contribution in [1.29, 1.82) is 0 Å². The minimum absolute atomic E-state index is 0.0143. The van der Waals surface area contributed by atoms with E-state index in [2.05, 4.69) is 25.5 Å². The first-order valence-corrected chi connectivity index (χ1v) is 10.8. The van der Waals surface area contributed by atoms with Gasteiger partial charge in [-0.25, -0.2) is 0 Å². The summed E-state index contributed by atoms with van der Waals surface area (Å²) >= 11 is 0. The van der Waals surface area contributed by atoms with Crippen LogP contribution in [0, 0.1) is 0 Å². The van der Waals surface area contributed by atoms with Crippen molar-refractivity contribution in [2.24, 2.45) is 0 Å². The topological polar surface area (TPSA) is 96.5 Å². The molecule has 0 spiro atoms. The first kappa shape index (κ1) is 20.2. The number of hydrogen-bond donors (Lipinski definition) is 2. The first-order valence-electron chi connectivity index (χ1n) is 10.8. The van der Waals surface area contributed by atoms with Crippen molar-refractivity contribution in [3.8, 4) is 0 Å². The number of nitrogens with zero attached hydrogens (tertiary/aromatic N) is 3. The summed E-state index contributed by atoms with van der Waals surface area (Å²) in [5.74, 6) is 0.154. The molecule has 3 saturated heterocycles. The van der Waals surface area contributed by atoms with E-state index in [0.29, 0.717) is 32.5 Å². The van der Waals surface area contributed by atoms with Gasteiger partial charge in [0, 0.05) is 56.9 Å². The maximum Gasteiger partial charge on any atom is 0.240 e. The molecule has 4 rings (SSSR count). The number of piperidine rings is 1. The molecule has 158 valence electrons. The summed E-state index contributed by atoms with van der Waals surface area (Å²) in [4.78, 5) is 36.3. The van der Waals surface area contributed by atoms with Gasteiger partial charge in [0.05, 0.1) is 5.69 Å². The van der Waals surface area contributed by atoms with Crippen molar-refractivity contribution in [2.75, 3.05) is 26.3 Å². The van der Waals surface area contributed by atoms with E-state index in [9.17, 15) is 9.59 Å². The molecule has 2 atom stereocenters. The van der Waals surface area contributed by atoms with Crippen LogP contribution in [0.5, 0.6) is 0 Å². The van der Waals surface area contributed by atoms with Crippen molar-refractivity contribution in [3.05, 3.63) is 24.3 Å². The fraction of sp³-hybridized carbons (Fsp3) is 0.714. The Morgan fingerprint density at radius 3 is 2.83 bits per heavy atom. The predicted octanol–water partition coefficient (Wildman–Crippen LogP) is 0.818. The molecule has 0 bridgehead atoms. The predicted molar refractivity (Wildman–Crippen MR) is 107 cm³/mol. The molecule has 1 aromatic rings. The van der Waals surface area contributed by atoms with Crippen LogP contribution in [0.25, 0.3) is 0 Å². The van der Waals surface area contributed by atoms with Gasteiger partial charge >= 0.3 is 0 Å². The SMILES string of the molecule is O=C(CCc1cnccn1)N[C@@H]1CN2CCCC[C@@]2(C(=O)NC2CCOCC2)C1. The molecule has 0 aromatic carbocycles. The summed E-state index contributed by atoms with van der Waals surface area (Å²) in [5, 5.41) is 6.44. The molecule has 2 N–H and O–H groups in total. The maximum absolute atomic E-state index is 13.3. The van der Waals surface area contributed by atoms with Crippen LogP contribution < -0.4 is 10.6 Å². The molecule has 29 heavy (non-hydrogen) atoms. The lowest BCUT2D eigenvalue weighted by atomic mass is 9.84. The summed E-state index contributed by atoms with van der Waals surface area (Å²) < 4.78 is 5.41.